The number of hydrogen-bond acceptors (Lipinski definition) is 4. The first-order valence-corrected chi connectivity index (χ1v) is 9.46. The number of rotatable bonds is 4. The number of allylic oxidation sites excluding steroid dienone is 5. The van der Waals surface area contributed by atoms with Gasteiger partial charge in [-0.25, -0.2) is 9.97 Å². The molecule has 0 saturated heterocycles. The van der Waals surface area contributed by atoms with Gasteiger partial charge in [0.05, 0.1) is 11.0 Å². The number of H-pyrrole nitrogens is 1. The highest BCUT2D eigenvalue weighted by Crippen LogP contribution is 2.30. The first kappa shape index (κ1) is 17.6. The van der Waals surface area contributed by atoms with Crippen molar-refractivity contribution in [3.8, 4) is 11.4 Å². The van der Waals surface area contributed by atoms with Crippen LogP contribution >= 0.6 is 23.4 Å². The number of primary amides is 1. The zero-order valence-electron chi connectivity index (χ0n) is 14.1. The number of nitrogens with zero attached hydrogens (tertiary/aromatic N) is 2. The second-order valence-electron chi connectivity index (χ2n) is 5.93. The van der Waals surface area contributed by atoms with Crippen molar-refractivity contribution in [2.75, 3.05) is 0 Å². The normalized spacial score (nSPS) is 14.0. The van der Waals surface area contributed by atoms with Gasteiger partial charge in [-0.05, 0) is 48.9 Å². The summed E-state index contributed by atoms with van der Waals surface area (Å²) in [5.74, 6) is 0.231. The number of aromatic nitrogens is 3. The van der Waals surface area contributed by atoms with E-state index in [0.717, 1.165) is 38.0 Å². The van der Waals surface area contributed by atoms with Crippen molar-refractivity contribution in [1.82, 2.24) is 15.0 Å². The molecule has 0 spiro atoms. The van der Waals surface area contributed by atoms with Crippen LogP contribution in [0.25, 0.3) is 22.4 Å². The Morgan fingerprint density at radius 1 is 1.19 bits per heavy atom. The molecule has 0 unspecified atom stereocenters. The zero-order valence-corrected chi connectivity index (χ0v) is 15.7. The van der Waals surface area contributed by atoms with Crippen LogP contribution in [0.15, 0.2) is 75.8 Å². The molecule has 1 amide bonds. The SMILES string of the molecule is NC(=O)c1ccc2nc(-c3ccc(SC4=CCC=C(Cl)C=C4)nc3)[nH]c2c1. The molecule has 27 heavy (non-hydrogen) atoms. The first-order chi connectivity index (χ1) is 13.1. The second kappa shape index (κ2) is 7.42. The van der Waals surface area contributed by atoms with Gasteiger partial charge in [0.15, 0.2) is 0 Å². The van der Waals surface area contributed by atoms with E-state index in [0.29, 0.717) is 11.4 Å². The lowest BCUT2D eigenvalue weighted by atomic mass is 10.2. The van der Waals surface area contributed by atoms with Gasteiger partial charge in [-0.15, -0.1) is 0 Å². The Kier molecular flexibility index (Phi) is 4.83. The number of pyridine rings is 1. The smallest absolute Gasteiger partial charge is 0.248 e. The van der Waals surface area contributed by atoms with Gasteiger partial charge in [-0.3, -0.25) is 4.79 Å². The summed E-state index contributed by atoms with van der Waals surface area (Å²) in [6.07, 6.45) is 10.5. The number of imidazole rings is 1. The van der Waals surface area contributed by atoms with Crippen molar-refractivity contribution in [3.63, 3.8) is 0 Å². The Morgan fingerprint density at radius 2 is 2.07 bits per heavy atom. The van der Waals surface area contributed by atoms with Gasteiger partial charge in [-0.2, -0.15) is 0 Å². The maximum atomic E-state index is 11.3. The molecule has 0 atom stereocenters. The summed E-state index contributed by atoms with van der Waals surface area (Å²) in [5, 5.41) is 1.63. The van der Waals surface area contributed by atoms with Crippen LogP contribution in [-0.2, 0) is 0 Å². The van der Waals surface area contributed by atoms with Crippen molar-refractivity contribution in [3.05, 3.63) is 76.3 Å². The quantitative estimate of drug-likeness (QED) is 0.666. The summed E-state index contributed by atoms with van der Waals surface area (Å²) >= 11 is 7.60. The number of benzene rings is 1. The van der Waals surface area contributed by atoms with Gasteiger partial charge < -0.3 is 10.7 Å². The average molecular weight is 395 g/mol. The monoisotopic (exact) mass is 394 g/mol. The molecule has 134 valence electrons. The Bertz CT molecular complexity index is 1110. The Balaban J connectivity index is 1.55. The Morgan fingerprint density at radius 3 is 2.85 bits per heavy atom. The van der Waals surface area contributed by atoms with Crippen LogP contribution in [-0.4, -0.2) is 20.9 Å². The number of halogens is 1. The molecule has 7 heteroatoms. The van der Waals surface area contributed by atoms with E-state index in [4.69, 9.17) is 17.3 Å². The fourth-order valence-electron chi connectivity index (χ4n) is 2.66. The van der Waals surface area contributed by atoms with Crippen LogP contribution in [0, 0.1) is 0 Å². The minimum Gasteiger partial charge on any atom is -0.366 e. The summed E-state index contributed by atoms with van der Waals surface area (Å²) in [5.41, 5.74) is 8.17. The number of carbonyl (C=O) groups excluding carboxylic acids is 1. The molecule has 0 radical (unpaired) electrons. The molecule has 2 heterocycles. The van der Waals surface area contributed by atoms with Crippen molar-refractivity contribution < 1.29 is 4.79 Å². The molecule has 3 N–H and O–H groups in total. The number of thioether (sulfide) groups is 1. The molecule has 1 aliphatic rings. The van der Waals surface area contributed by atoms with E-state index < -0.39 is 5.91 Å². The number of fused-ring (bicyclic) bond motifs is 1. The number of hydrogen-bond donors (Lipinski definition) is 2. The topological polar surface area (TPSA) is 84.7 Å². The molecule has 2 aromatic heterocycles. The number of aromatic amines is 1. The van der Waals surface area contributed by atoms with Crippen molar-refractivity contribution in [1.29, 1.82) is 0 Å². The predicted molar refractivity (Wildman–Crippen MR) is 109 cm³/mol. The van der Waals surface area contributed by atoms with Crippen molar-refractivity contribution >= 4 is 40.3 Å². The number of nitrogens with two attached hydrogens (primary N) is 1. The minimum absolute atomic E-state index is 0.446. The molecule has 0 saturated carbocycles. The molecule has 1 aromatic carbocycles. The maximum absolute atomic E-state index is 11.3. The highest BCUT2D eigenvalue weighted by molar-refractivity contribution is 8.03. The Labute approximate surface area is 165 Å². The van der Waals surface area contributed by atoms with E-state index in [-0.39, 0.29) is 0 Å². The van der Waals surface area contributed by atoms with Gasteiger partial charge in [0.1, 0.15) is 10.9 Å². The van der Waals surface area contributed by atoms with Gasteiger partial charge in [-0.1, -0.05) is 35.5 Å². The third-order valence-electron chi connectivity index (χ3n) is 4.04. The van der Waals surface area contributed by atoms with Crippen LogP contribution in [0.5, 0.6) is 0 Å². The Hall–Kier alpha value is -2.83. The molecule has 3 aromatic rings. The number of amides is 1. The lowest BCUT2D eigenvalue weighted by Gasteiger charge is -2.02. The molecule has 0 bridgehead atoms. The highest BCUT2D eigenvalue weighted by Gasteiger charge is 2.09. The molecule has 0 aliphatic heterocycles. The summed E-state index contributed by atoms with van der Waals surface area (Å²) < 4.78 is 0. The highest BCUT2D eigenvalue weighted by atomic mass is 35.5. The predicted octanol–water partition coefficient (Wildman–Crippen LogP) is 4.78. The average Bonchev–Trinajstić information content (AvgIpc) is 2.99. The summed E-state index contributed by atoms with van der Waals surface area (Å²) in [6.45, 7) is 0. The standard InChI is InChI=1S/C20H15ClN4OS/c21-14-2-1-3-15(7-6-14)27-18-9-5-13(11-23-18)20-24-16-8-4-12(19(22)26)10-17(16)25-20/h2-11H,1H2,(H2,22,26)(H,24,25). The summed E-state index contributed by atoms with van der Waals surface area (Å²) in [6, 6.07) is 9.07. The van der Waals surface area contributed by atoms with E-state index in [2.05, 4.69) is 21.0 Å². The fourth-order valence-corrected chi connectivity index (χ4v) is 3.61. The summed E-state index contributed by atoms with van der Waals surface area (Å²) in [7, 11) is 0. The number of carbonyl (C=O) groups is 1. The van der Waals surface area contributed by atoms with Gasteiger partial charge in [0.2, 0.25) is 5.91 Å². The van der Waals surface area contributed by atoms with Crippen LogP contribution in [0.1, 0.15) is 16.8 Å². The van der Waals surface area contributed by atoms with Crippen LogP contribution < -0.4 is 5.73 Å². The molecule has 1 aliphatic carbocycles. The fraction of sp³-hybridized carbons (Fsp3) is 0.0500. The molecule has 0 fully saturated rings. The molecular weight excluding hydrogens is 380 g/mol. The van der Waals surface area contributed by atoms with E-state index in [9.17, 15) is 4.79 Å². The van der Waals surface area contributed by atoms with Crippen LogP contribution in [0.3, 0.4) is 0 Å². The van der Waals surface area contributed by atoms with Crippen molar-refractivity contribution in [2.45, 2.75) is 11.4 Å². The lowest BCUT2D eigenvalue weighted by Crippen LogP contribution is -2.10. The summed E-state index contributed by atoms with van der Waals surface area (Å²) in [4.78, 5) is 24.7. The minimum atomic E-state index is -0.463. The van der Waals surface area contributed by atoms with Gasteiger partial charge in [0, 0.05) is 27.3 Å². The number of nitrogens with one attached hydrogen (secondary N) is 1. The zero-order chi connectivity index (χ0) is 18.8. The van der Waals surface area contributed by atoms with E-state index in [1.54, 1.807) is 36.2 Å². The van der Waals surface area contributed by atoms with E-state index in [1.165, 1.54) is 0 Å². The molecule has 4 rings (SSSR count). The molecule has 5 nitrogen and oxygen atoms in total. The van der Waals surface area contributed by atoms with Gasteiger partial charge >= 0.3 is 0 Å². The van der Waals surface area contributed by atoms with E-state index >= 15 is 0 Å². The van der Waals surface area contributed by atoms with Crippen LogP contribution in [0.2, 0.25) is 0 Å². The van der Waals surface area contributed by atoms with Crippen molar-refractivity contribution in [2.24, 2.45) is 5.73 Å². The van der Waals surface area contributed by atoms with Crippen LogP contribution in [0.4, 0.5) is 0 Å². The molecular formula is C20H15ClN4OS. The third-order valence-corrected chi connectivity index (χ3v) is 5.31. The maximum Gasteiger partial charge on any atom is 0.248 e. The largest absolute Gasteiger partial charge is 0.366 e. The lowest BCUT2D eigenvalue weighted by molar-refractivity contribution is 0.100. The first-order valence-electron chi connectivity index (χ1n) is 8.26. The van der Waals surface area contributed by atoms with E-state index in [1.807, 2.05) is 30.4 Å². The third kappa shape index (κ3) is 3.97. The second-order valence-corrected chi connectivity index (χ2v) is 7.46. The van der Waals surface area contributed by atoms with Gasteiger partial charge in [0.25, 0.3) is 0 Å².